The van der Waals surface area contributed by atoms with Crippen molar-refractivity contribution in [3.05, 3.63) is 35.4 Å². The van der Waals surface area contributed by atoms with Gasteiger partial charge in [0, 0.05) is 0 Å². The lowest BCUT2D eigenvalue weighted by Crippen LogP contribution is -1.92. The van der Waals surface area contributed by atoms with Gasteiger partial charge in [0.05, 0.1) is 0 Å². The van der Waals surface area contributed by atoms with Gasteiger partial charge in [0.1, 0.15) is 0 Å². The summed E-state index contributed by atoms with van der Waals surface area (Å²) in [7, 11) is 0. The van der Waals surface area contributed by atoms with Gasteiger partial charge in [-0.05, 0) is 48.1 Å². The zero-order valence-corrected chi connectivity index (χ0v) is 10.9. The molecule has 0 amide bonds. The number of rotatable bonds is 5. The van der Waals surface area contributed by atoms with Crippen LogP contribution in [0.25, 0.3) is 0 Å². The molecule has 0 heteroatoms. The Balaban J connectivity index is 1.98. The number of aryl methyl sites for hydroxylation is 1. The number of hydrogen-bond donors (Lipinski definition) is 0. The van der Waals surface area contributed by atoms with Crippen LogP contribution in [-0.4, -0.2) is 0 Å². The second-order valence-corrected chi connectivity index (χ2v) is 5.73. The molecule has 0 spiro atoms. The Labute approximate surface area is 100 Å². The molecule has 1 aliphatic carbocycles. The first-order valence-corrected chi connectivity index (χ1v) is 6.79. The summed E-state index contributed by atoms with van der Waals surface area (Å²) in [4.78, 5) is 0. The topological polar surface area (TPSA) is 0 Å². The molecule has 0 saturated heterocycles. The Morgan fingerprint density at radius 2 is 2.12 bits per heavy atom. The first-order chi connectivity index (χ1) is 7.70. The molecule has 0 aliphatic heterocycles. The summed E-state index contributed by atoms with van der Waals surface area (Å²) in [5.41, 5.74) is 3.12. The molecule has 1 fully saturated rings. The van der Waals surface area contributed by atoms with Gasteiger partial charge in [-0.2, -0.15) is 0 Å². The number of hydrogen-bond acceptors (Lipinski definition) is 0. The smallest absolute Gasteiger partial charge is 0.0130 e. The van der Waals surface area contributed by atoms with E-state index in [2.05, 4.69) is 45.0 Å². The summed E-state index contributed by atoms with van der Waals surface area (Å²) < 4.78 is 0. The number of benzene rings is 1. The second-order valence-electron chi connectivity index (χ2n) is 5.73. The fraction of sp³-hybridized carbons (Fsp3) is 0.625. The van der Waals surface area contributed by atoms with Gasteiger partial charge in [-0.15, -0.1) is 0 Å². The van der Waals surface area contributed by atoms with E-state index in [0.29, 0.717) is 0 Å². The molecule has 88 valence electrons. The maximum absolute atomic E-state index is 2.44. The zero-order chi connectivity index (χ0) is 11.5. The molecule has 1 aliphatic rings. The molecule has 1 saturated carbocycles. The summed E-state index contributed by atoms with van der Waals surface area (Å²) in [5, 5.41) is 0. The van der Waals surface area contributed by atoms with Crippen molar-refractivity contribution < 1.29 is 0 Å². The van der Waals surface area contributed by atoms with Crippen molar-refractivity contribution in [3.63, 3.8) is 0 Å². The molecular formula is C16H24. The van der Waals surface area contributed by atoms with E-state index in [0.717, 1.165) is 17.8 Å². The monoisotopic (exact) mass is 216 g/mol. The molecule has 16 heavy (non-hydrogen) atoms. The van der Waals surface area contributed by atoms with Crippen molar-refractivity contribution in [2.75, 3.05) is 0 Å². The average Bonchev–Trinajstić information content (AvgIpc) is 2.97. The zero-order valence-electron chi connectivity index (χ0n) is 10.9. The predicted molar refractivity (Wildman–Crippen MR) is 70.7 cm³/mol. The van der Waals surface area contributed by atoms with E-state index in [4.69, 9.17) is 0 Å². The van der Waals surface area contributed by atoms with Gasteiger partial charge >= 0.3 is 0 Å². The van der Waals surface area contributed by atoms with Crippen molar-refractivity contribution in [2.45, 2.75) is 52.4 Å². The molecule has 1 aromatic rings. The van der Waals surface area contributed by atoms with Gasteiger partial charge in [0.15, 0.2) is 0 Å². The van der Waals surface area contributed by atoms with Crippen LogP contribution in [0.2, 0.25) is 0 Å². The lowest BCUT2D eigenvalue weighted by Gasteiger charge is -2.05. The van der Waals surface area contributed by atoms with Crippen LogP contribution in [0.4, 0.5) is 0 Å². The van der Waals surface area contributed by atoms with Gasteiger partial charge in [-0.25, -0.2) is 0 Å². The molecule has 0 aromatic heterocycles. The quantitative estimate of drug-likeness (QED) is 0.664. The third-order valence-electron chi connectivity index (χ3n) is 3.61. The van der Waals surface area contributed by atoms with Crippen molar-refractivity contribution in [2.24, 2.45) is 11.8 Å². The van der Waals surface area contributed by atoms with E-state index >= 15 is 0 Å². The first kappa shape index (κ1) is 11.7. The standard InChI is InChI=1S/C16H24/c1-4-6-13-7-5-8-14(10-13)16-11-15(16)9-12(2)3/h5,7-8,10,12,15-16H,4,6,9,11H2,1-3H3. The second kappa shape index (κ2) is 5.03. The molecular weight excluding hydrogens is 192 g/mol. The Hall–Kier alpha value is -0.780. The predicted octanol–water partition coefficient (Wildman–Crippen LogP) is 4.79. The van der Waals surface area contributed by atoms with E-state index in [-0.39, 0.29) is 0 Å². The van der Waals surface area contributed by atoms with Crippen LogP contribution in [0.1, 0.15) is 57.1 Å². The van der Waals surface area contributed by atoms with Crippen LogP contribution in [0, 0.1) is 11.8 Å². The van der Waals surface area contributed by atoms with Crippen molar-refractivity contribution in [1.82, 2.24) is 0 Å². The molecule has 0 radical (unpaired) electrons. The molecule has 2 unspecified atom stereocenters. The SMILES string of the molecule is CCCc1cccc(C2CC2CC(C)C)c1. The van der Waals surface area contributed by atoms with Gasteiger partial charge < -0.3 is 0 Å². The molecule has 1 aromatic carbocycles. The Kier molecular flexibility index (Phi) is 3.68. The van der Waals surface area contributed by atoms with Crippen LogP contribution in [0.5, 0.6) is 0 Å². The Morgan fingerprint density at radius 1 is 1.31 bits per heavy atom. The highest BCUT2D eigenvalue weighted by atomic mass is 14.4. The van der Waals surface area contributed by atoms with E-state index < -0.39 is 0 Å². The average molecular weight is 216 g/mol. The summed E-state index contributed by atoms with van der Waals surface area (Å²) in [6, 6.07) is 9.27. The van der Waals surface area contributed by atoms with Gasteiger partial charge in [-0.3, -0.25) is 0 Å². The maximum atomic E-state index is 2.44. The molecule has 0 heterocycles. The van der Waals surface area contributed by atoms with E-state index in [9.17, 15) is 0 Å². The van der Waals surface area contributed by atoms with E-state index in [1.165, 1.54) is 31.2 Å². The van der Waals surface area contributed by atoms with Crippen molar-refractivity contribution in [1.29, 1.82) is 0 Å². The van der Waals surface area contributed by atoms with Crippen LogP contribution in [0.15, 0.2) is 24.3 Å². The summed E-state index contributed by atoms with van der Waals surface area (Å²) >= 11 is 0. The minimum atomic E-state index is 0.855. The van der Waals surface area contributed by atoms with Crippen LogP contribution >= 0.6 is 0 Å². The van der Waals surface area contributed by atoms with Gasteiger partial charge in [-0.1, -0.05) is 51.5 Å². The molecule has 0 nitrogen and oxygen atoms in total. The molecule has 0 N–H and O–H groups in total. The molecule has 2 rings (SSSR count). The van der Waals surface area contributed by atoms with Crippen molar-refractivity contribution in [3.8, 4) is 0 Å². The van der Waals surface area contributed by atoms with Crippen LogP contribution in [0.3, 0.4) is 0 Å². The third kappa shape index (κ3) is 2.87. The fourth-order valence-corrected chi connectivity index (χ4v) is 2.79. The molecule has 2 atom stereocenters. The van der Waals surface area contributed by atoms with Gasteiger partial charge in [0.25, 0.3) is 0 Å². The van der Waals surface area contributed by atoms with Crippen LogP contribution < -0.4 is 0 Å². The lowest BCUT2D eigenvalue weighted by molar-refractivity contribution is 0.532. The Morgan fingerprint density at radius 3 is 2.81 bits per heavy atom. The third-order valence-corrected chi connectivity index (χ3v) is 3.61. The highest BCUT2D eigenvalue weighted by molar-refractivity contribution is 5.30. The summed E-state index contributed by atoms with van der Waals surface area (Å²) in [6.07, 6.45) is 5.31. The fourth-order valence-electron chi connectivity index (χ4n) is 2.79. The lowest BCUT2D eigenvalue weighted by atomic mass is 10.00. The minimum absolute atomic E-state index is 0.855. The van der Waals surface area contributed by atoms with Crippen molar-refractivity contribution >= 4 is 0 Å². The van der Waals surface area contributed by atoms with Crippen LogP contribution in [-0.2, 0) is 6.42 Å². The van der Waals surface area contributed by atoms with E-state index in [1.54, 1.807) is 5.56 Å². The first-order valence-electron chi connectivity index (χ1n) is 6.79. The molecule has 0 bridgehead atoms. The normalized spacial score (nSPS) is 23.8. The maximum Gasteiger partial charge on any atom is -0.0130 e. The van der Waals surface area contributed by atoms with E-state index in [1.807, 2.05) is 0 Å². The van der Waals surface area contributed by atoms with Gasteiger partial charge in [0.2, 0.25) is 0 Å². The minimum Gasteiger partial charge on any atom is -0.0651 e. The largest absolute Gasteiger partial charge is 0.0651 e. The summed E-state index contributed by atoms with van der Waals surface area (Å²) in [6.45, 7) is 6.93. The summed E-state index contributed by atoms with van der Waals surface area (Å²) in [5.74, 6) is 2.70. The highest BCUT2D eigenvalue weighted by Gasteiger charge is 2.38. The highest BCUT2D eigenvalue weighted by Crippen LogP contribution is 2.50. The Bertz CT molecular complexity index is 338.